The van der Waals surface area contributed by atoms with Gasteiger partial charge in [0.1, 0.15) is 11.9 Å². The maximum atomic E-state index is 10.8. The molecule has 0 aliphatic carbocycles. The molecule has 2 aromatic rings. The normalized spacial score (nSPS) is 17.5. The van der Waals surface area contributed by atoms with Gasteiger partial charge in [-0.25, -0.2) is 0 Å². The topological polar surface area (TPSA) is 55.6 Å². The van der Waals surface area contributed by atoms with Crippen molar-refractivity contribution >= 4 is 5.91 Å². The third-order valence-electron chi connectivity index (χ3n) is 4.60. The van der Waals surface area contributed by atoms with Gasteiger partial charge in [0.2, 0.25) is 5.91 Å². The highest BCUT2D eigenvalue weighted by Gasteiger charge is 2.23. The molecule has 1 aliphatic heterocycles. The minimum atomic E-state index is -0.220. The average Bonchev–Trinajstić information content (AvgIpc) is 3.05. The van der Waals surface area contributed by atoms with Crippen molar-refractivity contribution < 1.29 is 9.53 Å². The Labute approximate surface area is 149 Å². The number of carbonyl (C=O) groups excluding carboxylic acids is 1. The van der Waals surface area contributed by atoms with Crippen molar-refractivity contribution in [2.24, 2.45) is 5.73 Å². The molecule has 3 rings (SSSR count). The van der Waals surface area contributed by atoms with Crippen LogP contribution in [0, 0.1) is 0 Å². The summed E-state index contributed by atoms with van der Waals surface area (Å²) < 4.78 is 6.10. The van der Waals surface area contributed by atoms with E-state index in [4.69, 9.17) is 10.5 Å². The Bertz CT molecular complexity index is 670. The molecule has 1 amide bonds. The molecule has 0 saturated carbocycles. The number of nitrogens with zero attached hydrogens (tertiary/aromatic N) is 1. The number of primary amides is 1. The van der Waals surface area contributed by atoms with Crippen LogP contribution in [0.25, 0.3) is 0 Å². The highest BCUT2D eigenvalue weighted by molar-refractivity contribution is 5.73. The monoisotopic (exact) mass is 338 g/mol. The second-order valence-corrected chi connectivity index (χ2v) is 6.71. The van der Waals surface area contributed by atoms with Crippen LogP contribution in [0.2, 0.25) is 0 Å². The third-order valence-corrected chi connectivity index (χ3v) is 4.60. The number of rotatable bonds is 8. The summed E-state index contributed by atoms with van der Waals surface area (Å²) in [5, 5.41) is 0. The largest absolute Gasteiger partial charge is 0.489 e. The number of ether oxygens (including phenoxy) is 1. The van der Waals surface area contributed by atoms with E-state index in [2.05, 4.69) is 53.4 Å². The highest BCUT2D eigenvalue weighted by atomic mass is 16.5. The first-order valence-electron chi connectivity index (χ1n) is 8.99. The molecule has 0 radical (unpaired) electrons. The van der Waals surface area contributed by atoms with E-state index in [1.54, 1.807) is 0 Å². The number of nitrogens with two attached hydrogens (primary N) is 1. The van der Waals surface area contributed by atoms with Crippen molar-refractivity contribution in [3.8, 4) is 5.75 Å². The maximum Gasteiger partial charge on any atom is 0.217 e. The lowest BCUT2D eigenvalue weighted by Crippen LogP contribution is -2.26. The Morgan fingerprint density at radius 3 is 2.52 bits per heavy atom. The van der Waals surface area contributed by atoms with Crippen LogP contribution in [0.3, 0.4) is 0 Å². The van der Waals surface area contributed by atoms with Gasteiger partial charge in [-0.3, -0.25) is 9.69 Å². The van der Waals surface area contributed by atoms with Crippen LogP contribution in [-0.2, 0) is 11.2 Å². The van der Waals surface area contributed by atoms with Crippen molar-refractivity contribution in [3.63, 3.8) is 0 Å². The summed E-state index contributed by atoms with van der Waals surface area (Å²) in [6.45, 7) is 2.86. The van der Waals surface area contributed by atoms with Gasteiger partial charge in [0.25, 0.3) is 0 Å². The SMILES string of the molecule is NC(=O)CCCN1CC[C@H](Oc2ccc(Cc3ccccc3)cc2)C1. The van der Waals surface area contributed by atoms with Gasteiger partial charge in [0.05, 0.1) is 0 Å². The van der Waals surface area contributed by atoms with Gasteiger partial charge in [-0.2, -0.15) is 0 Å². The molecule has 1 fully saturated rings. The molecule has 2 N–H and O–H groups in total. The zero-order valence-electron chi connectivity index (χ0n) is 14.6. The maximum absolute atomic E-state index is 10.8. The lowest BCUT2D eigenvalue weighted by atomic mass is 10.1. The predicted octanol–water partition coefficient (Wildman–Crippen LogP) is 3.00. The molecule has 0 unspecified atom stereocenters. The zero-order chi connectivity index (χ0) is 17.5. The van der Waals surface area contributed by atoms with Crippen molar-refractivity contribution in [1.82, 2.24) is 4.90 Å². The fourth-order valence-electron chi connectivity index (χ4n) is 3.28. The molecule has 0 spiro atoms. The summed E-state index contributed by atoms with van der Waals surface area (Å²) in [6, 6.07) is 18.9. The van der Waals surface area contributed by atoms with E-state index in [9.17, 15) is 4.79 Å². The molecule has 2 aromatic carbocycles. The second kappa shape index (κ2) is 8.67. The van der Waals surface area contributed by atoms with Crippen LogP contribution in [-0.4, -0.2) is 36.5 Å². The highest BCUT2D eigenvalue weighted by Crippen LogP contribution is 2.20. The third kappa shape index (κ3) is 5.61. The molecule has 25 heavy (non-hydrogen) atoms. The van der Waals surface area contributed by atoms with Gasteiger partial charge in [0, 0.05) is 19.5 Å². The van der Waals surface area contributed by atoms with E-state index in [-0.39, 0.29) is 12.0 Å². The Balaban J connectivity index is 1.45. The lowest BCUT2D eigenvalue weighted by molar-refractivity contribution is -0.118. The molecule has 1 aliphatic rings. The van der Waals surface area contributed by atoms with E-state index in [1.165, 1.54) is 11.1 Å². The fourth-order valence-corrected chi connectivity index (χ4v) is 3.28. The summed E-state index contributed by atoms with van der Waals surface area (Å²) in [5.41, 5.74) is 7.79. The van der Waals surface area contributed by atoms with E-state index >= 15 is 0 Å². The van der Waals surface area contributed by atoms with Crippen LogP contribution < -0.4 is 10.5 Å². The van der Waals surface area contributed by atoms with Gasteiger partial charge in [-0.05, 0) is 49.1 Å². The van der Waals surface area contributed by atoms with Crippen molar-refractivity contribution in [2.75, 3.05) is 19.6 Å². The van der Waals surface area contributed by atoms with E-state index in [1.807, 2.05) is 6.07 Å². The van der Waals surface area contributed by atoms with Gasteiger partial charge in [-0.15, -0.1) is 0 Å². The number of carbonyl (C=O) groups is 1. The van der Waals surface area contributed by atoms with E-state index < -0.39 is 0 Å². The van der Waals surface area contributed by atoms with Crippen LogP contribution in [0.1, 0.15) is 30.4 Å². The zero-order valence-corrected chi connectivity index (χ0v) is 14.6. The second-order valence-electron chi connectivity index (χ2n) is 6.71. The lowest BCUT2D eigenvalue weighted by Gasteiger charge is -2.16. The molecule has 4 nitrogen and oxygen atoms in total. The van der Waals surface area contributed by atoms with E-state index in [0.29, 0.717) is 6.42 Å². The Hall–Kier alpha value is -2.33. The summed E-state index contributed by atoms with van der Waals surface area (Å²) in [5.74, 6) is 0.711. The molecule has 0 bridgehead atoms. The molecular weight excluding hydrogens is 312 g/mol. The smallest absolute Gasteiger partial charge is 0.217 e. The number of amides is 1. The van der Waals surface area contributed by atoms with E-state index in [0.717, 1.165) is 44.6 Å². The number of likely N-dealkylation sites (tertiary alicyclic amines) is 1. The first-order valence-corrected chi connectivity index (χ1v) is 8.99. The van der Waals surface area contributed by atoms with Crippen LogP contribution >= 0.6 is 0 Å². The molecule has 1 heterocycles. The fraction of sp³-hybridized carbons (Fsp3) is 0.381. The first kappa shape index (κ1) is 17.5. The summed E-state index contributed by atoms with van der Waals surface area (Å²) in [7, 11) is 0. The quantitative estimate of drug-likeness (QED) is 0.805. The Morgan fingerprint density at radius 2 is 1.80 bits per heavy atom. The van der Waals surface area contributed by atoms with Crippen molar-refractivity contribution in [3.05, 3.63) is 65.7 Å². The number of hydrogen-bond acceptors (Lipinski definition) is 3. The van der Waals surface area contributed by atoms with Gasteiger partial charge >= 0.3 is 0 Å². The number of hydrogen-bond donors (Lipinski definition) is 1. The van der Waals surface area contributed by atoms with Crippen molar-refractivity contribution in [1.29, 1.82) is 0 Å². The molecule has 0 aromatic heterocycles. The average molecular weight is 338 g/mol. The van der Waals surface area contributed by atoms with Crippen LogP contribution in [0.4, 0.5) is 0 Å². The predicted molar refractivity (Wildman–Crippen MR) is 99.6 cm³/mol. The molecule has 1 saturated heterocycles. The van der Waals surface area contributed by atoms with Crippen LogP contribution in [0.5, 0.6) is 5.75 Å². The molecule has 132 valence electrons. The summed E-state index contributed by atoms with van der Waals surface area (Å²) in [4.78, 5) is 13.1. The molecule has 1 atom stereocenters. The Kier molecular flexibility index (Phi) is 6.07. The molecular formula is C21H26N2O2. The van der Waals surface area contributed by atoms with Gasteiger partial charge in [0.15, 0.2) is 0 Å². The number of benzene rings is 2. The van der Waals surface area contributed by atoms with Crippen molar-refractivity contribution in [2.45, 2.75) is 31.8 Å². The minimum Gasteiger partial charge on any atom is -0.489 e. The van der Waals surface area contributed by atoms with Crippen LogP contribution in [0.15, 0.2) is 54.6 Å². The summed E-state index contributed by atoms with van der Waals surface area (Å²) in [6.07, 6.45) is 3.50. The minimum absolute atomic E-state index is 0.220. The summed E-state index contributed by atoms with van der Waals surface area (Å²) >= 11 is 0. The standard InChI is InChI=1S/C21H26N2O2/c22-21(24)7-4-13-23-14-12-20(16-23)25-19-10-8-18(9-11-19)15-17-5-2-1-3-6-17/h1-3,5-6,8-11,20H,4,7,12-16H2,(H2,22,24)/t20-/m0/s1. The Morgan fingerprint density at radius 1 is 1.08 bits per heavy atom. The molecule has 4 heteroatoms. The first-order chi connectivity index (χ1) is 12.2. The van der Waals surface area contributed by atoms with Gasteiger partial charge in [-0.1, -0.05) is 42.5 Å². The van der Waals surface area contributed by atoms with Gasteiger partial charge < -0.3 is 10.5 Å².